The Morgan fingerprint density at radius 3 is 2.32 bits per heavy atom. The topological polar surface area (TPSA) is 66.4 Å². The maximum absolute atomic E-state index is 13.1. The van der Waals surface area contributed by atoms with E-state index in [4.69, 9.17) is 5.11 Å². The molecule has 132 valence electrons. The molecule has 4 nitrogen and oxygen atoms in total. The first-order valence-electron chi connectivity index (χ1n) is 8.19. The number of hydrogen-bond acceptors (Lipinski definition) is 2. The Labute approximate surface area is 146 Å². The Balaban J connectivity index is 2.07. The lowest BCUT2D eigenvalue weighted by Gasteiger charge is -2.20. The molecule has 5 heteroatoms. The Morgan fingerprint density at radius 1 is 1.08 bits per heavy atom. The van der Waals surface area contributed by atoms with E-state index < -0.39 is 17.8 Å². The molecule has 2 aromatic rings. The summed E-state index contributed by atoms with van der Waals surface area (Å²) in [7, 11) is 0. The molecule has 25 heavy (non-hydrogen) atoms. The number of hydrogen-bond donors (Lipinski definition) is 2. The molecule has 2 N–H and O–H groups in total. The number of aliphatic carboxylic acids is 1. The summed E-state index contributed by atoms with van der Waals surface area (Å²) in [5.74, 6) is -1.65. The van der Waals surface area contributed by atoms with Crippen LogP contribution in [-0.2, 0) is 9.59 Å². The van der Waals surface area contributed by atoms with Gasteiger partial charge in [-0.05, 0) is 41.7 Å². The number of carboxylic acid groups (broad SMARTS) is 1. The van der Waals surface area contributed by atoms with E-state index in [1.807, 2.05) is 38.1 Å². The van der Waals surface area contributed by atoms with Crippen molar-refractivity contribution < 1.29 is 19.1 Å². The number of benzene rings is 2. The Morgan fingerprint density at radius 2 is 1.72 bits per heavy atom. The molecule has 0 aliphatic carbocycles. The van der Waals surface area contributed by atoms with Gasteiger partial charge in [-0.3, -0.25) is 9.59 Å². The molecule has 0 aromatic heterocycles. The van der Waals surface area contributed by atoms with Crippen LogP contribution in [0.5, 0.6) is 0 Å². The summed E-state index contributed by atoms with van der Waals surface area (Å²) in [5.41, 5.74) is 2.78. The van der Waals surface area contributed by atoms with Crippen LogP contribution in [0.15, 0.2) is 48.5 Å². The monoisotopic (exact) mass is 343 g/mol. The fraction of sp³-hybridized carbons (Fsp3) is 0.300. The van der Waals surface area contributed by atoms with E-state index in [1.54, 1.807) is 0 Å². The number of rotatable bonds is 7. The molecular formula is C20H22FNO3. The molecule has 0 saturated heterocycles. The highest BCUT2D eigenvalue weighted by Gasteiger charge is 2.20. The standard InChI is InChI=1S/C20H22FNO3/c1-13-5-3-4-6-17(13)14(2)11-19(23)22-18(12-20(24)25)15-7-9-16(21)10-8-15/h3-10,14,18H,11-12H2,1-2H3,(H,22,23)(H,24,25). The SMILES string of the molecule is Cc1ccccc1C(C)CC(=O)NC(CC(=O)O)c1ccc(F)cc1. The van der Waals surface area contributed by atoms with Crippen LogP contribution in [0.3, 0.4) is 0 Å². The zero-order valence-corrected chi connectivity index (χ0v) is 14.3. The molecule has 2 atom stereocenters. The van der Waals surface area contributed by atoms with Gasteiger partial charge in [-0.25, -0.2) is 4.39 Å². The number of carbonyl (C=O) groups excluding carboxylic acids is 1. The quantitative estimate of drug-likeness (QED) is 0.800. The van der Waals surface area contributed by atoms with Crippen molar-refractivity contribution in [2.45, 2.75) is 38.6 Å². The number of halogens is 1. The molecule has 0 spiro atoms. The third-order valence-electron chi connectivity index (χ3n) is 4.20. The fourth-order valence-corrected chi connectivity index (χ4v) is 2.90. The van der Waals surface area contributed by atoms with Gasteiger partial charge in [-0.2, -0.15) is 0 Å². The van der Waals surface area contributed by atoms with Gasteiger partial charge in [0.05, 0.1) is 12.5 Å². The molecule has 2 unspecified atom stereocenters. The van der Waals surface area contributed by atoms with Gasteiger partial charge in [0.1, 0.15) is 5.82 Å². The summed E-state index contributed by atoms with van der Waals surface area (Å²) < 4.78 is 13.1. The van der Waals surface area contributed by atoms with Gasteiger partial charge < -0.3 is 10.4 Å². The largest absolute Gasteiger partial charge is 0.481 e. The van der Waals surface area contributed by atoms with Crippen molar-refractivity contribution in [2.75, 3.05) is 0 Å². The Hall–Kier alpha value is -2.69. The minimum atomic E-state index is -1.03. The molecule has 0 saturated carbocycles. The first kappa shape index (κ1) is 18.6. The van der Waals surface area contributed by atoms with Crippen molar-refractivity contribution in [3.63, 3.8) is 0 Å². The summed E-state index contributed by atoms with van der Waals surface area (Å²) in [4.78, 5) is 23.5. The smallest absolute Gasteiger partial charge is 0.305 e. The molecule has 2 rings (SSSR count). The first-order valence-corrected chi connectivity index (χ1v) is 8.19. The van der Waals surface area contributed by atoms with E-state index in [2.05, 4.69) is 5.32 Å². The first-order chi connectivity index (χ1) is 11.9. The molecule has 0 aliphatic heterocycles. The molecule has 0 heterocycles. The van der Waals surface area contributed by atoms with E-state index in [9.17, 15) is 14.0 Å². The maximum atomic E-state index is 13.1. The van der Waals surface area contributed by atoms with Crippen LogP contribution >= 0.6 is 0 Å². The van der Waals surface area contributed by atoms with Crippen LogP contribution in [0, 0.1) is 12.7 Å². The number of amides is 1. The third-order valence-corrected chi connectivity index (χ3v) is 4.20. The number of carbonyl (C=O) groups is 2. The van der Waals surface area contributed by atoms with Gasteiger partial charge >= 0.3 is 5.97 Å². The van der Waals surface area contributed by atoms with Crippen molar-refractivity contribution >= 4 is 11.9 Å². The second kappa shape index (κ2) is 8.42. The highest BCUT2D eigenvalue weighted by atomic mass is 19.1. The summed E-state index contributed by atoms with van der Waals surface area (Å²) in [6.45, 7) is 3.96. The van der Waals surface area contributed by atoms with Gasteiger partial charge in [0.2, 0.25) is 5.91 Å². The van der Waals surface area contributed by atoms with Crippen molar-refractivity contribution in [2.24, 2.45) is 0 Å². The normalized spacial score (nSPS) is 13.1. The lowest BCUT2D eigenvalue weighted by atomic mass is 9.93. The second-order valence-corrected chi connectivity index (χ2v) is 6.23. The molecule has 0 fully saturated rings. The lowest BCUT2D eigenvalue weighted by Crippen LogP contribution is -2.31. The van der Waals surface area contributed by atoms with Crippen molar-refractivity contribution in [1.29, 1.82) is 0 Å². The molecule has 0 bridgehead atoms. The van der Waals surface area contributed by atoms with Crippen LogP contribution in [0.4, 0.5) is 4.39 Å². The van der Waals surface area contributed by atoms with Crippen LogP contribution < -0.4 is 5.32 Å². The van der Waals surface area contributed by atoms with Crippen LogP contribution in [0.1, 0.15) is 48.4 Å². The van der Waals surface area contributed by atoms with Crippen molar-refractivity contribution in [3.8, 4) is 0 Å². The van der Waals surface area contributed by atoms with Gasteiger partial charge in [0.15, 0.2) is 0 Å². The van der Waals surface area contributed by atoms with Gasteiger partial charge in [0, 0.05) is 6.42 Å². The predicted octanol–water partition coefficient (Wildman–Crippen LogP) is 3.96. The van der Waals surface area contributed by atoms with Crippen molar-refractivity contribution in [1.82, 2.24) is 5.32 Å². The van der Waals surface area contributed by atoms with Crippen LogP contribution in [-0.4, -0.2) is 17.0 Å². The highest BCUT2D eigenvalue weighted by Crippen LogP contribution is 2.23. The molecular weight excluding hydrogens is 321 g/mol. The van der Waals surface area contributed by atoms with Crippen molar-refractivity contribution in [3.05, 3.63) is 71.0 Å². The molecule has 0 aliphatic rings. The third kappa shape index (κ3) is 5.41. The van der Waals surface area contributed by atoms with E-state index in [1.165, 1.54) is 24.3 Å². The summed E-state index contributed by atoms with van der Waals surface area (Å²) in [5, 5.41) is 11.8. The second-order valence-electron chi connectivity index (χ2n) is 6.23. The van der Waals surface area contributed by atoms with E-state index in [0.717, 1.165) is 11.1 Å². The van der Waals surface area contributed by atoms with E-state index in [0.29, 0.717) is 5.56 Å². The summed E-state index contributed by atoms with van der Waals surface area (Å²) in [6, 6.07) is 12.7. The van der Waals surface area contributed by atoms with E-state index >= 15 is 0 Å². The Bertz CT molecular complexity index is 743. The molecule has 2 aromatic carbocycles. The minimum Gasteiger partial charge on any atom is -0.481 e. The molecule has 1 amide bonds. The number of nitrogens with one attached hydrogen (secondary N) is 1. The molecule has 0 radical (unpaired) electrons. The zero-order chi connectivity index (χ0) is 18.4. The number of aryl methyl sites for hydroxylation is 1. The average molecular weight is 343 g/mol. The van der Waals surface area contributed by atoms with Crippen LogP contribution in [0.25, 0.3) is 0 Å². The number of carboxylic acids is 1. The highest BCUT2D eigenvalue weighted by molar-refractivity contribution is 5.78. The van der Waals surface area contributed by atoms with Gasteiger partial charge in [-0.1, -0.05) is 43.3 Å². The lowest BCUT2D eigenvalue weighted by molar-refractivity contribution is -0.137. The zero-order valence-electron chi connectivity index (χ0n) is 14.3. The van der Waals surface area contributed by atoms with Gasteiger partial charge in [0.25, 0.3) is 0 Å². The fourth-order valence-electron chi connectivity index (χ4n) is 2.90. The maximum Gasteiger partial charge on any atom is 0.305 e. The predicted molar refractivity (Wildman–Crippen MR) is 93.7 cm³/mol. The minimum absolute atomic E-state index is 0.0138. The summed E-state index contributed by atoms with van der Waals surface area (Å²) >= 11 is 0. The summed E-state index contributed by atoms with van der Waals surface area (Å²) in [6.07, 6.45) is -0.00170. The Kier molecular flexibility index (Phi) is 6.28. The van der Waals surface area contributed by atoms with Crippen LogP contribution in [0.2, 0.25) is 0 Å². The van der Waals surface area contributed by atoms with Gasteiger partial charge in [-0.15, -0.1) is 0 Å². The average Bonchev–Trinajstić information content (AvgIpc) is 2.54. The van der Waals surface area contributed by atoms with E-state index in [-0.39, 0.29) is 24.7 Å².